The van der Waals surface area contributed by atoms with Crippen molar-refractivity contribution in [1.29, 1.82) is 0 Å². The molecular weight excluding hydrogens is 309 g/mol. The van der Waals surface area contributed by atoms with Crippen LogP contribution in [-0.2, 0) is 4.79 Å². The molecule has 2 fully saturated rings. The zero-order valence-corrected chi connectivity index (χ0v) is 13.7. The minimum atomic E-state index is -0.360. The Labute approximate surface area is 141 Å². The molecule has 130 valence electrons. The number of hydrogen-bond donors (Lipinski definition) is 3. The van der Waals surface area contributed by atoms with Crippen molar-refractivity contribution >= 4 is 11.8 Å². The molecule has 5 nitrogen and oxygen atoms in total. The van der Waals surface area contributed by atoms with Crippen LogP contribution in [0.15, 0.2) is 24.3 Å². The van der Waals surface area contributed by atoms with Gasteiger partial charge < -0.3 is 16.0 Å². The summed E-state index contributed by atoms with van der Waals surface area (Å²) < 4.78 is 12.8. The number of carbonyl (C=O) groups is 2. The third-order valence-electron chi connectivity index (χ3n) is 5.15. The maximum Gasteiger partial charge on any atom is 0.251 e. The normalized spacial score (nSPS) is 21.3. The zero-order chi connectivity index (χ0) is 17.0. The highest BCUT2D eigenvalue weighted by atomic mass is 19.1. The Hall–Kier alpha value is -1.95. The second-order valence-corrected chi connectivity index (χ2v) is 6.78. The van der Waals surface area contributed by atoms with Crippen LogP contribution >= 0.6 is 0 Å². The molecule has 3 N–H and O–H groups in total. The third-order valence-corrected chi connectivity index (χ3v) is 5.15. The van der Waals surface area contributed by atoms with E-state index in [1.807, 2.05) is 0 Å². The van der Waals surface area contributed by atoms with Crippen LogP contribution in [0.2, 0.25) is 0 Å². The SMILES string of the molecule is O=C(NCCCNC(=O)C1CC12CCNCC2)c1ccc(F)cc1. The molecular formula is C18H24FN3O2. The van der Waals surface area contributed by atoms with Gasteiger partial charge in [-0.05, 0) is 68.5 Å². The maximum absolute atomic E-state index is 12.8. The summed E-state index contributed by atoms with van der Waals surface area (Å²) in [5.74, 6) is -0.256. The molecule has 1 atom stereocenters. The number of amides is 2. The average molecular weight is 333 g/mol. The Kier molecular flexibility index (Phi) is 5.14. The summed E-state index contributed by atoms with van der Waals surface area (Å²) in [6, 6.07) is 5.44. The van der Waals surface area contributed by atoms with Crippen LogP contribution in [0.4, 0.5) is 4.39 Å². The van der Waals surface area contributed by atoms with Gasteiger partial charge in [-0.3, -0.25) is 9.59 Å². The van der Waals surface area contributed by atoms with Crippen molar-refractivity contribution in [2.24, 2.45) is 11.3 Å². The third kappa shape index (κ3) is 3.93. The van der Waals surface area contributed by atoms with Crippen LogP contribution < -0.4 is 16.0 Å². The lowest BCUT2D eigenvalue weighted by molar-refractivity contribution is -0.123. The van der Waals surface area contributed by atoms with Gasteiger partial charge in [0.1, 0.15) is 5.82 Å². The van der Waals surface area contributed by atoms with Gasteiger partial charge in [-0.25, -0.2) is 4.39 Å². The van der Waals surface area contributed by atoms with Crippen molar-refractivity contribution < 1.29 is 14.0 Å². The van der Waals surface area contributed by atoms with Gasteiger partial charge in [0.05, 0.1) is 0 Å². The summed E-state index contributed by atoms with van der Waals surface area (Å²) in [6.45, 7) is 3.07. The van der Waals surface area contributed by atoms with Crippen molar-refractivity contribution in [1.82, 2.24) is 16.0 Å². The Morgan fingerprint density at radius 3 is 2.50 bits per heavy atom. The van der Waals surface area contributed by atoms with Crippen LogP contribution in [-0.4, -0.2) is 38.0 Å². The van der Waals surface area contributed by atoms with Gasteiger partial charge in [-0.1, -0.05) is 0 Å². The number of nitrogens with one attached hydrogen (secondary N) is 3. The van der Waals surface area contributed by atoms with E-state index in [-0.39, 0.29) is 29.0 Å². The van der Waals surface area contributed by atoms with E-state index >= 15 is 0 Å². The Bertz CT molecular complexity index is 597. The molecule has 1 saturated carbocycles. The fourth-order valence-corrected chi connectivity index (χ4v) is 3.52. The number of benzene rings is 1. The fourth-order valence-electron chi connectivity index (χ4n) is 3.52. The predicted octanol–water partition coefficient (Wildman–Crippen LogP) is 1.45. The van der Waals surface area contributed by atoms with Gasteiger partial charge in [-0.15, -0.1) is 0 Å². The molecule has 0 bridgehead atoms. The van der Waals surface area contributed by atoms with E-state index in [1.54, 1.807) is 0 Å². The van der Waals surface area contributed by atoms with E-state index in [0.717, 1.165) is 32.4 Å². The predicted molar refractivity (Wildman–Crippen MR) is 89.0 cm³/mol. The van der Waals surface area contributed by atoms with Gasteiger partial charge in [-0.2, -0.15) is 0 Å². The van der Waals surface area contributed by atoms with Crippen molar-refractivity contribution in [3.63, 3.8) is 0 Å². The number of piperidine rings is 1. The zero-order valence-electron chi connectivity index (χ0n) is 13.7. The summed E-state index contributed by atoms with van der Waals surface area (Å²) in [5, 5.41) is 9.08. The van der Waals surface area contributed by atoms with Crippen molar-refractivity contribution in [3.8, 4) is 0 Å². The molecule has 1 heterocycles. The number of rotatable bonds is 6. The molecule has 1 saturated heterocycles. The van der Waals surface area contributed by atoms with E-state index in [9.17, 15) is 14.0 Å². The van der Waals surface area contributed by atoms with Gasteiger partial charge in [0, 0.05) is 24.6 Å². The van der Waals surface area contributed by atoms with Gasteiger partial charge in [0.2, 0.25) is 5.91 Å². The molecule has 1 spiro atoms. The molecule has 1 aromatic rings. The first-order valence-electron chi connectivity index (χ1n) is 8.63. The minimum absolute atomic E-state index is 0.154. The molecule has 6 heteroatoms. The highest BCUT2D eigenvalue weighted by molar-refractivity contribution is 5.94. The van der Waals surface area contributed by atoms with E-state index in [4.69, 9.17) is 0 Å². The minimum Gasteiger partial charge on any atom is -0.356 e. The molecule has 3 rings (SSSR count). The van der Waals surface area contributed by atoms with Crippen LogP contribution in [0.25, 0.3) is 0 Å². The average Bonchev–Trinajstić information content (AvgIpc) is 3.28. The molecule has 1 aliphatic heterocycles. The summed E-state index contributed by atoms with van der Waals surface area (Å²) in [5.41, 5.74) is 0.692. The lowest BCUT2D eigenvalue weighted by atomic mass is 9.92. The van der Waals surface area contributed by atoms with Crippen molar-refractivity contribution in [3.05, 3.63) is 35.6 Å². The quantitative estimate of drug-likeness (QED) is 0.690. The van der Waals surface area contributed by atoms with Crippen molar-refractivity contribution in [2.75, 3.05) is 26.2 Å². The largest absolute Gasteiger partial charge is 0.356 e. The maximum atomic E-state index is 12.8. The number of halogens is 1. The Balaban J connectivity index is 1.31. The molecule has 1 aromatic carbocycles. The number of hydrogen-bond acceptors (Lipinski definition) is 3. The molecule has 0 aromatic heterocycles. The van der Waals surface area contributed by atoms with Crippen molar-refractivity contribution in [2.45, 2.75) is 25.7 Å². The molecule has 24 heavy (non-hydrogen) atoms. The first-order chi connectivity index (χ1) is 11.6. The van der Waals surface area contributed by atoms with E-state index in [1.165, 1.54) is 24.3 Å². The number of carbonyl (C=O) groups excluding carboxylic acids is 2. The monoisotopic (exact) mass is 333 g/mol. The Morgan fingerprint density at radius 2 is 1.79 bits per heavy atom. The van der Waals surface area contributed by atoms with E-state index in [2.05, 4.69) is 16.0 Å². The van der Waals surface area contributed by atoms with Crippen LogP contribution in [0.5, 0.6) is 0 Å². The molecule has 0 radical (unpaired) electrons. The standard InChI is InChI=1S/C18H24FN3O2/c19-14-4-2-13(3-5-14)16(23)21-8-1-9-22-17(24)15-12-18(15)6-10-20-11-7-18/h2-5,15,20H,1,6-12H2,(H,21,23)(H,22,24). The summed E-state index contributed by atoms with van der Waals surface area (Å²) in [4.78, 5) is 24.0. The summed E-state index contributed by atoms with van der Waals surface area (Å²) in [6.07, 6.45) is 3.89. The van der Waals surface area contributed by atoms with Gasteiger partial charge in [0.15, 0.2) is 0 Å². The topological polar surface area (TPSA) is 70.2 Å². The lowest BCUT2D eigenvalue weighted by Gasteiger charge is -2.23. The van der Waals surface area contributed by atoms with Crippen LogP contribution in [0.1, 0.15) is 36.0 Å². The summed E-state index contributed by atoms with van der Waals surface area (Å²) >= 11 is 0. The highest BCUT2D eigenvalue weighted by Gasteiger charge is 2.57. The molecule has 2 amide bonds. The lowest BCUT2D eigenvalue weighted by Crippen LogP contribution is -2.34. The van der Waals surface area contributed by atoms with E-state index in [0.29, 0.717) is 25.1 Å². The first kappa shape index (κ1) is 16.9. The van der Waals surface area contributed by atoms with Gasteiger partial charge >= 0.3 is 0 Å². The second-order valence-electron chi connectivity index (χ2n) is 6.78. The van der Waals surface area contributed by atoms with Gasteiger partial charge in [0.25, 0.3) is 5.91 Å². The Morgan fingerprint density at radius 1 is 1.12 bits per heavy atom. The molecule has 1 aliphatic carbocycles. The second kappa shape index (κ2) is 7.30. The highest BCUT2D eigenvalue weighted by Crippen LogP contribution is 2.58. The van der Waals surface area contributed by atoms with E-state index < -0.39 is 0 Å². The fraction of sp³-hybridized carbons (Fsp3) is 0.556. The van der Waals surface area contributed by atoms with Crippen LogP contribution in [0, 0.1) is 17.2 Å². The smallest absolute Gasteiger partial charge is 0.251 e. The summed E-state index contributed by atoms with van der Waals surface area (Å²) in [7, 11) is 0. The molecule has 1 unspecified atom stereocenters. The molecule has 2 aliphatic rings. The van der Waals surface area contributed by atoms with Crippen LogP contribution in [0.3, 0.4) is 0 Å². The first-order valence-corrected chi connectivity index (χ1v) is 8.63.